The lowest BCUT2D eigenvalue weighted by molar-refractivity contribution is 0.0923. The standard InChI is InChI=1S/C13H19NO3/c1-9(7-10(2)16)14-13(17)12-5-3-11(8-15)4-6-12/h3-6,9-10,15-16H,7-8H2,1-2H3,(H,14,17). The quantitative estimate of drug-likeness (QED) is 0.717. The Labute approximate surface area is 101 Å². The summed E-state index contributed by atoms with van der Waals surface area (Å²) in [7, 11) is 0. The highest BCUT2D eigenvalue weighted by molar-refractivity contribution is 5.94. The Kier molecular flexibility index (Phi) is 5.12. The van der Waals surface area contributed by atoms with Crippen LogP contribution in [0.15, 0.2) is 24.3 Å². The monoisotopic (exact) mass is 237 g/mol. The molecule has 94 valence electrons. The fourth-order valence-corrected chi connectivity index (χ4v) is 1.64. The van der Waals surface area contributed by atoms with Gasteiger partial charge >= 0.3 is 0 Å². The van der Waals surface area contributed by atoms with Crippen LogP contribution >= 0.6 is 0 Å². The first-order chi connectivity index (χ1) is 8.02. The molecule has 1 amide bonds. The van der Waals surface area contributed by atoms with Gasteiger partial charge in [-0.3, -0.25) is 4.79 Å². The largest absolute Gasteiger partial charge is 0.393 e. The third kappa shape index (κ3) is 4.54. The van der Waals surface area contributed by atoms with E-state index >= 15 is 0 Å². The summed E-state index contributed by atoms with van der Waals surface area (Å²) >= 11 is 0. The van der Waals surface area contributed by atoms with Gasteiger partial charge in [0.15, 0.2) is 0 Å². The van der Waals surface area contributed by atoms with Crippen molar-refractivity contribution in [2.75, 3.05) is 0 Å². The first-order valence-electron chi connectivity index (χ1n) is 5.71. The molecule has 2 unspecified atom stereocenters. The number of carbonyl (C=O) groups is 1. The number of carbonyl (C=O) groups excluding carboxylic acids is 1. The molecule has 0 aromatic heterocycles. The van der Waals surface area contributed by atoms with Gasteiger partial charge in [0.25, 0.3) is 5.91 Å². The predicted octanol–water partition coefficient (Wildman–Crippen LogP) is 1.07. The smallest absolute Gasteiger partial charge is 0.251 e. The molecular weight excluding hydrogens is 218 g/mol. The minimum atomic E-state index is -0.429. The topological polar surface area (TPSA) is 69.6 Å². The fraction of sp³-hybridized carbons (Fsp3) is 0.462. The van der Waals surface area contributed by atoms with Gasteiger partial charge in [0, 0.05) is 11.6 Å². The van der Waals surface area contributed by atoms with Crippen LogP contribution in [0.3, 0.4) is 0 Å². The van der Waals surface area contributed by atoms with Gasteiger partial charge in [0.1, 0.15) is 0 Å². The maximum atomic E-state index is 11.8. The van der Waals surface area contributed by atoms with E-state index in [2.05, 4.69) is 5.32 Å². The molecule has 4 nitrogen and oxygen atoms in total. The Morgan fingerprint density at radius 2 is 1.88 bits per heavy atom. The Hall–Kier alpha value is -1.39. The Morgan fingerprint density at radius 1 is 1.29 bits per heavy atom. The normalized spacial score (nSPS) is 14.1. The Bertz CT molecular complexity index is 359. The molecule has 2 atom stereocenters. The molecule has 0 saturated heterocycles. The van der Waals surface area contributed by atoms with Crippen molar-refractivity contribution in [1.82, 2.24) is 5.32 Å². The van der Waals surface area contributed by atoms with Crippen LogP contribution in [0.2, 0.25) is 0 Å². The number of aliphatic hydroxyl groups excluding tert-OH is 2. The summed E-state index contributed by atoms with van der Waals surface area (Å²) < 4.78 is 0. The number of aliphatic hydroxyl groups is 2. The Morgan fingerprint density at radius 3 is 2.35 bits per heavy atom. The van der Waals surface area contributed by atoms with E-state index in [4.69, 9.17) is 5.11 Å². The lowest BCUT2D eigenvalue weighted by Crippen LogP contribution is -2.34. The van der Waals surface area contributed by atoms with Gasteiger partial charge in [-0.05, 0) is 38.0 Å². The first-order valence-corrected chi connectivity index (χ1v) is 5.71. The number of nitrogens with one attached hydrogen (secondary N) is 1. The zero-order chi connectivity index (χ0) is 12.8. The van der Waals surface area contributed by atoms with Crippen molar-refractivity contribution in [1.29, 1.82) is 0 Å². The summed E-state index contributed by atoms with van der Waals surface area (Å²) in [4.78, 5) is 11.8. The lowest BCUT2D eigenvalue weighted by atomic mass is 10.1. The van der Waals surface area contributed by atoms with E-state index in [1.54, 1.807) is 31.2 Å². The van der Waals surface area contributed by atoms with E-state index in [0.29, 0.717) is 12.0 Å². The molecule has 0 fully saturated rings. The molecule has 0 aliphatic rings. The van der Waals surface area contributed by atoms with Gasteiger partial charge in [-0.25, -0.2) is 0 Å². The molecular formula is C13H19NO3. The van der Waals surface area contributed by atoms with Crippen LogP contribution in [-0.2, 0) is 6.61 Å². The van der Waals surface area contributed by atoms with Crippen LogP contribution in [0.1, 0.15) is 36.2 Å². The van der Waals surface area contributed by atoms with Gasteiger partial charge < -0.3 is 15.5 Å². The SMILES string of the molecule is CC(O)CC(C)NC(=O)c1ccc(CO)cc1. The van der Waals surface area contributed by atoms with Crippen molar-refractivity contribution in [2.24, 2.45) is 0 Å². The van der Waals surface area contributed by atoms with E-state index < -0.39 is 6.10 Å². The molecule has 3 N–H and O–H groups in total. The minimum absolute atomic E-state index is 0.0275. The molecule has 0 saturated carbocycles. The molecule has 1 rings (SSSR count). The van der Waals surface area contributed by atoms with Crippen molar-refractivity contribution in [3.05, 3.63) is 35.4 Å². The van der Waals surface area contributed by atoms with E-state index in [-0.39, 0.29) is 18.6 Å². The number of rotatable bonds is 5. The summed E-state index contributed by atoms with van der Waals surface area (Å²) in [6, 6.07) is 6.72. The lowest BCUT2D eigenvalue weighted by Gasteiger charge is -2.15. The maximum Gasteiger partial charge on any atom is 0.251 e. The van der Waals surface area contributed by atoms with Crippen LogP contribution in [0.4, 0.5) is 0 Å². The number of hydrogen-bond donors (Lipinski definition) is 3. The number of hydrogen-bond acceptors (Lipinski definition) is 3. The zero-order valence-electron chi connectivity index (χ0n) is 10.2. The van der Waals surface area contributed by atoms with Gasteiger partial charge in [-0.1, -0.05) is 12.1 Å². The molecule has 0 radical (unpaired) electrons. The number of benzene rings is 1. The summed E-state index contributed by atoms with van der Waals surface area (Å²) in [5.74, 6) is -0.164. The summed E-state index contributed by atoms with van der Waals surface area (Å²) in [6.07, 6.45) is 0.0996. The molecule has 0 aliphatic heterocycles. The van der Waals surface area contributed by atoms with Gasteiger partial charge in [-0.2, -0.15) is 0 Å². The van der Waals surface area contributed by atoms with Crippen molar-refractivity contribution in [3.8, 4) is 0 Å². The molecule has 1 aromatic carbocycles. The third-order valence-electron chi connectivity index (χ3n) is 2.47. The van der Waals surface area contributed by atoms with Crippen LogP contribution in [0.25, 0.3) is 0 Å². The fourth-order valence-electron chi connectivity index (χ4n) is 1.64. The van der Waals surface area contributed by atoms with Crippen LogP contribution < -0.4 is 5.32 Å². The van der Waals surface area contributed by atoms with Gasteiger partial charge in [0.05, 0.1) is 12.7 Å². The second kappa shape index (κ2) is 6.37. The Balaban J connectivity index is 2.57. The van der Waals surface area contributed by atoms with Crippen LogP contribution in [-0.4, -0.2) is 28.3 Å². The van der Waals surface area contributed by atoms with Crippen molar-refractivity contribution in [2.45, 2.75) is 39.0 Å². The number of amides is 1. The van der Waals surface area contributed by atoms with E-state index in [1.165, 1.54) is 0 Å². The first kappa shape index (κ1) is 13.7. The molecule has 0 heterocycles. The van der Waals surface area contributed by atoms with Gasteiger partial charge in [-0.15, -0.1) is 0 Å². The summed E-state index contributed by atoms with van der Waals surface area (Å²) in [6.45, 7) is 3.52. The van der Waals surface area contributed by atoms with E-state index in [0.717, 1.165) is 5.56 Å². The van der Waals surface area contributed by atoms with Crippen molar-refractivity contribution >= 4 is 5.91 Å². The molecule has 4 heteroatoms. The van der Waals surface area contributed by atoms with Crippen molar-refractivity contribution in [3.63, 3.8) is 0 Å². The van der Waals surface area contributed by atoms with Gasteiger partial charge in [0.2, 0.25) is 0 Å². The second-order valence-corrected chi connectivity index (χ2v) is 4.31. The highest BCUT2D eigenvalue weighted by Crippen LogP contribution is 2.05. The molecule has 0 spiro atoms. The average molecular weight is 237 g/mol. The zero-order valence-corrected chi connectivity index (χ0v) is 10.2. The molecule has 0 aliphatic carbocycles. The van der Waals surface area contributed by atoms with Crippen molar-refractivity contribution < 1.29 is 15.0 Å². The molecule has 1 aromatic rings. The predicted molar refractivity (Wildman–Crippen MR) is 65.6 cm³/mol. The summed E-state index contributed by atoms with van der Waals surface area (Å²) in [5.41, 5.74) is 1.33. The highest BCUT2D eigenvalue weighted by Gasteiger charge is 2.11. The molecule has 0 bridgehead atoms. The highest BCUT2D eigenvalue weighted by atomic mass is 16.3. The summed E-state index contributed by atoms with van der Waals surface area (Å²) in [5, 5.41) is 20.9. The maximum absolute atomic E-state index is 11.8. The van der Waals surface area contributed by atoms with Crippen LogP contribution in [0.5, 0.6) is 0 Å². The van der Waals surface area contributed by atoms with Crippen LogP contribution in [0, 0.1) is 0 Å². The molecule has 17 heavy (non-hydrogen) atoms. The average Bonchev–Trinajstić information content (AvgIpc) is 2.28. The van der Waals surface area contributed by atoms with E-state index in [9.17, 15) is 9.90 Å². The second-order valence-electron chi connectivity index (χ2n) is 4.31. The van der Waals surface area contributed by atoms with E-state index in [1.807, 2.05) is 6.92 Å². The minimum Gasteiger partial charge on any atom is -0.393 e. The third-order valence-corrected chi connectivity index (χ3v) is 2.47.